The number of fused-ring (bicyclic) bond motifs is 1. The Kier molecular flexibility index (Phi) is 7.11. The van der Waals surface area contributed by atoms with E-state index in [4.69, 9.17) is 9.72 Å². The number of nitrogens with one attached hydrogen (secondary N) is 4. The van der Waals surface area contributed by atoms with Crippen LogP contribution in [0.1, 0.15) is 42.6 Å². The van der Waals surface area contributed by atoms with E-state index >= 15 is 0 Å². The van der Waals surface area contributed by atoms with Crippen LogP contribution in [0.4, 0.5) is 23.1 Å². The molecule has 1 aliphatic carbocycles. The van der Waals surface area contributed by atoms with Crippen LogP contribution in [0.5, 0.6) is 5.75 Å². The van der Waals surface area contributed by atoms with Gasteiger partial charge in [0.25, 0.3) is 5.91 Å². The van der Waals surface area contributed by atoms with E-state index in [1.54, 1.807) is 25.7 Å². The minimum Gasteiger partial charge on any atom is -0.494 e. The number of aromatic nitrogens is 5. The van der Waals surface area contributed by atoms with Gasteiger partial charge < -0.3 is 25.2 Å². The van der Waals surface area contributed by atoms with E-state index in [0.717, 1.165) is 54.3 Å². The molecule has 202 valence electrons. The molecule has 2 aliphatic rings. The largest absolute Gasteiger partial charge is 0.494 e. The lowest BCUT2D eigenvalue weighted by molar-refractivity contribution is -0.347. The van der Waals surface area contributed by atoms with Crippen LogP contribution < -0.4 is 25.3 Å². The van der Waals surface area contributed by atoms with Gasteiger partial charge in [0.15, 0.2) is 12.1 Å². The molecule has 4 heterocycles. The second-order valence-corrected chi connectivity index (χ2v) is 10.0. The van der Waals surface area contributed by atoms with E-state index in [1.165, 1.54) is 19.3 Å². The standard InChI is InChI=1S/C28H33N9O2/c1-39-23-17-20(36-13-15-37(16-14-36)27(38)22-9-5-6-12-29-22)10-11-21(23)33-28-34-25-24(30-18-31-25)26(35-28)32-19-7-3-2-4-8-19/h5-6,9-12,17-19H,2-4,7-8,13-16H2,1H3,(H3,30,31,32,33,34,35)/p+1. The van der Waals surface area contributed by atoms with Crippen LogP contribution in [0.15, 0.2) is 48.9 Å². The van der Waals surface area contributed by atoms with Gasteiger partial charge in [0.2, 0.25) is 5.52 Å². The highest BCUT2D eigenvalue weighted by Gasteiger charge is 2.24. The molecule has 39 heavy (non-hydrogen) atoms. The van der Waals surface area contributed by atoms with E-state index in [1.807, 2.05) is 29.2 Å². The molecular weight excluding hydrogens is 494 g/mol. The molecule has 11 heteroatoms. The van der Waals surface area contributed by atoms with Crippen LogP contribution in [0.25, 0.3) is 11.2 Å². The Bertz CT molecular complexity index is 1430. The second-order valence-electron chi connectivity index (χ2n) is 10.0. The quantitative estimate of drug-likeness (QED) is 0.332. The van der Waals surface area contributed by atoms with E-state index in [9.17, 15) is 4.79 Å². The van der Waals surface area contributed by atoms with Gasteiger partial charge in [-0.15, -0.1) is 0 Å². The third kappa shape index (κ3) is 5.43. The molecule has 0 radical (unpaired) electrons. The average molecular weight is 529 g/mol. The van der Waals surface area contributed by atoms with Gasteiger partial charge in [-0.05, 0) is 37.1 Å². The Labute approximate surface area is 227 Å². The topological polar surface area (TPSA) is 125 Å². The zero-order valence-corrected chi connectivity index (χ0v) is 22.1. The number of methoxy groups -OCH3 is 1. The molecule has 3 aromatic heterocycles. The maximum atomic E-state index is 12.8. The fourth-order valence-electron chi connectivity index (χ4n) is 5.40. The molecule has 1 saturated heterocycles. The van der Waals surface area contributed by atoms with E-state index in [0.29, 0.717) is 36.5 Å². The summed E-state index contributed by atoms with van der Waals surface area (Å²) in [5, 5.41) is 6.98. The van der Waals surface area contributed by atoms with Crippen LogP contribution in [-0.4, -0.2) is 70.1 Å². The first-order chi connectivity index (χ1) is 19.2. The molecule has 6 rings (SSSR count). The summed E-state index contributed by atoms with van der Waals surface area (Å²) in [6.07, 6.45) is 9.52. The lowest BCUT2D eigenvalue weighted by Crippen LogP contribution is -2.49. The number of anilines is 4. The van der Waals surface area contributed by atoms with E-state index in [2.05, 4.69) is 41.5 Å². The third-order valence-electron chi connectivity index (χ3n) is 7.53. The monoisotopic (exact) mass is 528 g/mol. The number of nitrogens with zero attached hydrogens (tertiary/aromatic N) is 5. The van der Waals surface area contributed by atoms with Gasteiger partial charge in [0.1, 0.15) is 11.4 Å². The number of piperazine rings is 1. The number of carbonyl (C=O) groups excluding carboxylic acids is 1. The minimum absolute atomic E-state index is 0.0265. The summed E-state index contributed by atoms with van der Waals surface area (Å²) in [6.45, 7) is 2.73. The van der Waals surface area contributed by atoms with Crippen molar-refractivity contribution in [2.45, 2.75) is 38.1 Å². The first-order valence-electron chi connectivity index (χ1n) is 13.6. The number of H-pyrrole nitrogens is 2. The predicted octanol–water partition coefficient (Wildman–Crippen LogP) is 3.63. The molecule has 2 fully saturated rings. The Hall–Kier alpha value is -4.41. The number of carbonyl (C=O) groups is 1. The molecule has 1 aliphatic heterocycles. The number of amides is 1. The first kappa shape index (κ1) is 24.9. The zero-order chi connectivity index (χ0) is 26.6. The van der Waals surface area contributed by atoms with Gasteiger partial charge in [0, 0.05) is 50.2 Å². The molecule has 0 atom stereocenters. The Morgan fingerprint density at radius 3 is 2.69 bits per heavy atom. The average Bonchev–Trinajstić information content (AvgIpc) is 3.47. The lowest BCUT2D eigenvalue weighted by Gasteiger charge is -2.36. The molecule has 0 bridgehead atoms. The van der Waals surface area contributed by atoms with Crippen molar-refractivity contribution >= 4 is 40.2 Å². The van der Waals surface area contributed by atoms with Crippen molar-refractivity contribution in [3.63, 3.8) is 0 Å². The number of pyridine rings is 1. The van der Waals surface area contributed by atoms with Crippen molar-refractivity contribution in [2.75, 3.05) is 48.8 Å². The van der Waals surface area contributed by atoms with Gasteiger partial charge in [-0.2, -0.15) is 4.98 Å². The van der Waals surface area contributed by atoms with Gasteiger partial charge >= 0.3 is 11.6 Å². The molecule has 4 N–H and O–H groups in total. The van der Waals surface area contributed by atoms with Crippen molar-refractivity contribution < 1.29 is 14.5 Å². The molecule has 4 aromatic rings. The normalized spacial score (nSPS) is 16.3. The van der Waals surface area contributed by atoms with E-state index in [-0.39, 0.29) is 5.91 Å². The predicted molar refractivity (Wildman–Crippen MR) is 150 cm³/mol. The number of hydrogen-bond acceptors (Lipinski definition) is 8. The highest BCUT2D eigenvalue weighted by Crippen LogP contribution is 2.33. The number of aromatic amines is 2. The molecule has 0 unspecified atom stereocenters. The van der Waals surface area contributed by atoms with Gasteiger partial charge in [-0.3, -0.25) is 14.8 Å². The highest BCUT2D eigenvalue weighted by molar-refractivity contribution is 5.92. The van der Waals surface area contributed by atoms with Crippen LogP contribution in [0.2, 0.25) is 0 Å². The minimum atomic E-state index is -0.0265. The van der Waals surface area contributed by atoms with Gasteiger partial charge in [-0.1, -0.05) is 30.3 Å². The maximum absolute atomic E-state index is 12.8. The van der Waals surface area contributed by atoms with Crippen molar-refractivity contribution in [3.8, 4) is 5.75 Å². The summed E-state index contributed by atoms with van der Waals surface area (Å²) in [7, 11) is 1.66. The summed E-state index contributed by atoms with van der Waals surface area (Å²) >= 11 is 0. The Morgan fingerprint density at radius 2 is 1.92 bits per heavy atom. The van der Waals surface area contributed by atoms with Crippen molar-refractivity contribution in [1.82, 2.24) is 24.8 Å². The number of hydrogen-bond donors (Lipinski definition) is 3. The van der Waals surface area contributed by atoms with Crippen molar-refractivity contribution in [1.29, 1.82) is 0 Å². The molecule has 0 spiro atoms. The molecular formula is C28H34N9O2+. The Balaban J connectivity index is 1.16. The summed E-state index contributed by atoms with van der Waals surface area (Å²) in [4.78, 5) is 36.9. The number of rotatable bonds is 7. The van der Waals surface area contributed by atoms with Crippen LogP contribution in [0.3, 0.4) is 0 Å². The maximum Gasteiger partial charge on any atom is 0.307 e. The third-order valence-corrected chi connectivity index (χ3v) is 7.53. The van der Waals surface area contributed by atoms with Crippen molar-refractivity contribution in [3.05, 3.63) is 54.6 Å². The fraction of sp³-hybridized carbons (Fsp3) is 0.393. The summed E-state index contributed by atoms with van der Waals surface area (Å²) in [6, 6.07) is 11.9. The molecule has 1 aromatic carbocycles. The molecule has 11 nitrogen and oxygen atoms in total. The van der Waals surface area contributed by atoms with Crippen LogP contribution in [0, 0.1) is 0 Å². The lowest BCUT2D eigenvalue weighted by atomic mass is 9.95. The first-order valence-corrected chi connectivity index (χ1v) is 13.6. The van der Waals surface area contributed by atoms with E-state index < -0.39 is 0 Å². The second kappa shape index (κ2) is 11.1. The summed E-state index contributed by atoms with van der Waals surface area (Å²) in [5.41, 5.74) is 3.91. The fourth-order valence-corrected chi connectivity index (χ4v) is 5.40. The van der Waals surface area contributed by atoms with Crippen molar-refractivity contribution in [2.24, 2.45) is 0 Å². The summed E-state index contributed by atoms with van der Waals surface area (Å²) < 4.78 is 5.74. The Morgan fingerprint density at radius 1 is 1.08 bits per heavy atom. The van der Waals surface area contributed by atoms with Crippen LogP contribution in [-0.2, 0) is 0 Å². The highest BCUT2D eigenvalue weighted by atomic mass is 16.5. The molecule has 1 amide bonds. The van der Waals surface area contributed by atoms with Gasteiger partial charge in [-0.25, -0.2) is 4.98 Å². The zero-order valence-electron chi connectivity index (χ0n) is 22.1. The number of ether oxygens (including phenoxy) is 1. The SMILES string of the molecule is COc1cc(N2CCN(C(=O)c3ccccn3)CC2)ccc1Nc1nc(NC2CCCCC2)c2[nH]c[nH+]c2n1. The summed E-state index contributed by atoms with van der Waals surface area (Å²) in [5.74, 6) is 1.96. The number of imidazole rings is 1. The van der Waals surface area contributed by atoms with Crippen LogP contribution >= 0.6 is 0 Å². The smallest absolute Gasteiger partial charge is 0.307 e. The van der Waals surface area contributed by atoms with Gasteiger partial charge in [0.05, 0.1) is 12.8 Å². The number of benzene rings is 1. The molecule has 1 saturated carbocycles.